The number of carbonyl (C=O) groups is 1. The average Bonchev–Trinajstić information content (AvgIpc) is 2.64. The summed E-state index contributed by atoms with van der Waals surface area (Å²) in [4.78, 5) is 14.6. The second-order valence-electron chi connectivity index (χ2n) is 6.44. The maximum absolute atomic E-state index is 12.8. The third kappa shape index (κ3) is 3.89. The fraction of sp³-hybridized carbons (Fsp3) is 0.316. The molecule has 1 heterocycles. The Morgan fingerprint density at radius 2 is 1.73 bits per heavy atom. The van der Waals surface area contributed by atoms with Crippen molar-refractivity contribution in [3.05, 3.63) is 59.2 Å². The number of para-hydroxylation sites is 1. The number of nitrogens with zero attached hydrogens (tertiary/aromatic N) is 1. The van der Waals surface area contributed by atoms with E-state index in [4.69, 9.17) is 0 Å². The fourth-order valence-corrected chi connectivity index (χ4v) is 4.08. The fourth-order valence-electron chi connectivity index (χ4n) is 2.93. The third-order valence-electron chi connectivity index (χ3n) is 4.54. The van der Waals surface area contributed by atoms with E-state index in [0.717, 1.165) is 24.2 Å². The van der Waals surface area contributed by atoms with Crippen molar-refractivity contribution in [2.45, 2.75) is 18.7 Å². The van der Waals surface area contributed by atoms with Crippen LogP contribution in [-0.2, 0) is 10.0 Å². The Balaban J connectivity index is 1.91. The van der Waals surface area contributed by atoms with Gasteiger partial charge in [0.25, 0.3) is 15.9 Å². The lowest BCUT2D eigenvalue weighted by Gasteiger charge is -2.28. The zero-order chi connectivity index (χ0) is 18.7. The van der Waals surface area contributed by atoms with E-state index in [1.54, 1.807) is 23.1 Å². The Hall–Kier alpha value is -2.38. The van der Waals surface area contributed by atoms with Gasteiger partial charge in [0.1, 0.15) is 0 Å². The minimum absolute atomic E-state index is 0.0878. The van der Waals surface area contributed by atoms with Crippen LogP contribution in [0.25, 0.3) is 0 Å². The van der Waals surface area contributed by atoms with Crippen molar-refractivity contribution in [1.82, 2.24) is 10.2 Å². The van der Waals surface area contributed by atoms with Crippen LogP contribution in [0.4, 0.5) is 5.69 Å². The molecule has 26 heavy (non-hydrogen) atoms. The lowest BCUT2D eigenvalue weighted by molar-refractivity contribution is 0.0735. The number of nitrogens with one attached hydrogen (secondary N) is 2. The standard InChI is InChI=1S/C19H23N3O3S/c1-14-7-8-16(13-17(14)19(23)22-11-9-20-10-12-22)26(24,25)21-18-6-4-3-5-15(18)2/h3-8,13,20-21H,9-12H2,1-2H3. The third-order valence-corrected chi connectivity index (χ3v) is 5.91. The first-order valence-electron chi connectivity index (χ1n) is 8.57. The predicted octanol–water partition coefficient (Wildman–Crippen LogP) is 2.15. The van der Waals surface area contributed by atoms with Gasteiger partial charge >= 0.3 is 0 Å². The number of sulfonamides is 1. The lowest BCUT2D eigenvalue weighted by atomic mass is 10.1. The topological polar surface area (TPSA) is 78.5 Å². The first kappa shape index (κ1) is 18.4. The van der Waals surface area contributed by atoms with Crippen LogP contribution in [0.15, 0.2) is 47.4 Å². The summed E-state index contributed by atoms with van der Waals surface area (Å²) in [7, 11) is -3.77. The molecular weight excluding hydrogens is 350 g/mol. The summed E-state index contributed by atoms with van der Waals surface area (Å²) in [6.45, 7) is 6.40. The van der Waals surface area contributed by atoms with Crippen molar-refractivity contribution in [3.8, 4) is 0 Å². The molecule has 2 aromatic rings. The van der Waals surface area contributed by atoms with Crippen LogP contribution in [-0.4, -0.2) is 45.4 Å². The number of anilines is 1. The molecule has 0 atom stereocenters. The summed E-state index contributed by atoms with van der Waals surface area (Å²) < 4.78 is 28.1. The summed E-state index contributed by atoms with van der Waals surface area (Å²) in [6.07, 6.45) is 0. The predicted molar refractivity (Wildman–Crippen MR) is 102 cm³/mol. The molecule has 0 aliphatic carbocycles. The zero-order valence-corrected chi connectivity index (χ0v) is 15.8. The normalized spacial score (nSPS) is 14.9. The number of aryl methyl sites for hydroxylation is 2. The van der Waals surface area contributed by atoms with Gasteiger partial charge in [0.05, 0.1) is 10.6 Å². The number of piperazine rings is 1. The van der Waals surface area contributed by atoms with Crippen LogP contribution in [0.1, 0.15) is 21.5 Å². The molecule has 0 spiro atoms. The highest BCUT2D eigenvalue weighted by Gasteiger charge is 2.23. The van der Waals surface area contributed by atoms with E-state index in [1.165, 1.54) is 12.1 Å². The average molecular weight is 373 g/mol. The van der Waals surface area contributed by atoms with Crippen molar-refractivity contribution in [3.63, 3.8) is 0 Å². The lowest BCUT2D eigenvalue weighted by Crippen LogP contribution is -2.46. The summed E-state index contributed by atoms with van der Waals surface area (Å²) in [5.41, 5.74) is 2.56. The molecule has 1 saturated heterocycles. The highest BCUT2D eigenvalue weighted by atomic mass is 32.2. The number of amides is 1. The first-order valence-corrected chi connectivity index (χ1v) is 10.1. The summed E-state index contributed by atoms with van der Waals surface area (Å²) >= 11 is 0. The summed E-state index contributed by atoms with van der Waals surface area (Å²) in [5, 5.41) is 3.20. The molecule has 6 nitrogen and oxygen atoms in total. The molecule has 0 saturated carbocycles. The smallest absolute Gasteiger partial charge is 0.261 e. The second kappa shape index (κ2) is 7.47. The van der Waals surface area contributed by atoms with Crippen LogP contribution < -0.4 is 10.0 Å². The molecule has 1 aliphatic rings. The molecule has 7 heteroatoms. The van der Waals surface area contributed by atoms with E-state index in [0.29, 0.717) is 24.3 Å². The maximum atomic E-state index is 12.8. The van der Waals surface area contributed by atoms with Crippen LogP contribution >= 0.6 is 0 Å². The number of rotatable bonds is 4. The van der Waals surface area contributed by atoms with Gasteiger partial charge in [0.15, 0.2) is 0 Å². The van der Waals surface area contributed by atoms with Crippen molar-refractivity contribution in [2.75, 3.05) is 30.9 Å². The monoisotopic (exact) mass is 373 g/mol. The summed E-state index contributed by atoms with van der Waals surface area (Å²) in [5.74, 6) is -0.128. The molecule has 1 amide bonds. The van der Waals surface area contributed by atoms with Gasteiger partial charge in [-0.1, -0.05) is 24.3 Å². The minimum Gasteiger partial charge on any atom is -0.336 e. The van der Waals surface area contributed by atoms with Crippen molar-refractivity contribution in [2.24, 2.45) is 0 Å². The highest BCUT2D eigenvalue weighted by molar-refractivity contribution is 7.92. The number of carbonyl (C=O) groups excluding carboxylic acids is 1. The molecular formula is C19H23N3O3S. The largest absolute Gasteiger partial charge is 0.336 e. The number of benzene rings is 2. The molecule has 1 aliphatic heterocycles. The Labute approximate surface area is 154 Å². The molecule has 2 aromatic carbocycles. The van der Waals surface area contributed by atoms with Gasteiger partial charge in [-0.05, 0) is 43.2 Å². The maximum Gasteiger partial charge on any atom is 0.261 e. The SMILES string of the molecule is Cc1ccccc1NS(=O)(=O)c1ccc(C)c(C(=O)N2CCNCC2)c1. The Bertz CT molecular complexity index is 919. The Kier molecular flexibility index (Phi) is 5.29. The van der Waals surface area contributed by atoms with Crippen LogP contribution in [0.5, 0.6) is 0 Å². The molecule has 138 valence electrons. The zero-order valence-electron chi connectivity index (χ0n) is 15.0. The molecule has 0 unspecified atom stereocenters. The minimum atomic E-state index is -3.77. The number of hydrogen-bond acceptors (Lipinski definition) is 4. The van der Waals surface area contributed by atoms with E-state index in [1.807, 2.05) is 26.0 Å². The van der Waals surface area contributed by atoms with Crippen molar-refractivity contribution in [1.29, 1.82) is 0 Å². The van der Waals surface area contributed by atoms with E-state index in [9.17, 15) is 13.2 Å². The van der Waals surface area contributed by atoms with Gasteiger partial charge in [-0.2, -0.15) is 0 Å². The van der Waals surface area contributed by atoms with Gasteiger partial charge in [-0.15, -0.1) is 0 Å². The molecule has 1 fully saturated rings. The summed E-state index contributed by atoms with van der Waals surface area (Å²) in [6, 6.07) is 11.9. The van der Waals surface area contributed by atoms with E-state index in [-0.39, 0.29) is 10.8 Å². The van der Waals surface area contributed by atoms with Gasteiger partial charge < -0.3 is 10.2 Å². The first-order chi connectivity index (χ1) is 12.4. The molecule has 0 aromatic heterocycles. The Morgan fingerprint density at radius 3 is 2.42 bits per heavy atom. The van der Waals surface area contributed by atoms with Gasteiger partial charge in [-0.25, -0.2) is 8.42 Å². The number of hydrogen-bond donors (Lipinski definition) is 2. The van der Waals surface area contributed by atoms with Crippen LogP contribution in [0.3, 0.4) is 0 Å². The van der Waals surface area contributed by atoms with Gasteiger partial charge in [0, 0.05) is 31.7 Å². The van der Waals surface area contributed by atoms with E-state index < -0.39 is 10.0 Å². The molecule has 0 radical (unpaired) electrons. The van der Waals surface area contributed by atoms with E-state index >= 15 is 0 Å². The molecule has 0 bridgehead atoms. The van der Waals surface area contributed by atoms with E-state index in [2.05, 4.69) is 10.0 Å². The Morgan fingerprint density at radius 1 is 1.04 bits per heavy atom. The molecule has 2 N–H and O–H groups in total. The molecule has 3 rings (SSSR count). The van der Waals surface area contributed by atoms with Gasteiger partial charge in [-0.3, -0.25) is 9.52 Å². The van der Waals surface area contributed by atoms with Crippen LogP contribution in [0, 0.1) is 13.8 Å². The van der Waals surface area contributed by atoms with Crippen molar-refractivity contribution < 1.29 is 13.2 Å². The highest BCUT2D eigenvalue weighted by Crippen LogP contribution is 2.22. The van der Waals surface area contributed by atoms with Crippen molar-refractivity contribution >= 4 is 21.6 Å². The quantitative estimate of drug-likeness (QED) is 0.861. The van der Waals surface area contributed by atoms with Gasteiger partial charge in [0.2, 0.25) is 0 Å². The second-order valence-corrected chi connectivity index (χ2v) is 8.12. The van der Waals surface area contributed by atoms with Crippen LogP contribution in [0.2, 0.25) is 0 Å².